The first-order chi connectivity index (χ1) is 14.4. The van der Waals surface area contributed by atoms with Crippen LogP contribution in [0.4, 0.5) is 0 Å². The average molecular weight is 426 g/mol. The van der Waals surface area contributed by atoms with Gasteiger partial charge in [-0.3, -0.25) is 0 Å². The number of imidazole rings is 1. The fraction of sp³-hybridized carbons (Fsp3) is 0.286. The summed E-state index contributed by atoms with van der Waals surface area (Å²) in [4.78, 5) is 9.07. The van der Waals surface area contributed by atoms with Crippen LogP contribution in [0.25, 0.3) is 22.4 Å². The van der Waals surface area contributed by atoms with E-state index in [2.05, 4.69) is 26.8 Å². The van der Waals surface area contributed by atoms with Crippen LogP contribution in [0.1, 0.15) is 32.7 Å². The van der Waals surface area contributed by atoms with E-state index in [1.807, 2.05) is 36.6 Å². The standard InChI is InChI=1S/C21H23N5O3S/c1-4-26-13-22-17-12-15(10-11-18(17)26)20-23-21(29-24-20)19(14(2)3)25-30(27,28)16-8-6-5-7-9-16/h5-14,19,25H,4H2,1-3H3. The van der Waals surface area contributed by atoms with Gasteiger partial charge in [0.2, 0.25) is 21.7 Å². The highest BCUT2D eigenvalue weighted by Crippen LogP contribution is 2.27. The first-order valence-corrected chi connectivity index (χ1v) is 11.2. The molecule has 4 aromatic rings. The predicted molar refractivity (Wildman–Crippen MR) is 113 cm³/mol. The molecule has 1 unspecified atom stereocenters. The van der Waals surface area contributed by atoms with Crippen molar-refractivity contribution < 1.29 is 12.9 Å². The van der Waals surface area contributed by atoms with E-state index in [1.165, 1.54) is 0 Å². The first-order valence-electron chi connectivity index (χ1n) is 9.75. The third-order valence-electron chi connectivity index (χ3n) is 4.93. The van der Waals surface area contributed by atoms with Gasteiger partial charge in [0, 0.05) is 12.1 Å². The van der Waals surface area contributed by atoms with Crippen LogP contribution in [0, 0.1) is 5.92 Å². The lowest BCUT2D eigenvalue weighted by atomic mass is 10.1. The Bertz CT molecular complexity index is 1260. The maximum atomic E-state index is 12.8. The van der Waals surface area contributed by atoms with Crippen molar-refractivity contribution in [2.24, 2.45) is 5.92 Å². The Hall–Kier alpha value is -3.04. The molecule has 0 fully saturated rings. The lowest BCUT2D eigenvalue weighted by Crippen LogP contribution is -2.32. The number of nitrogens with one attached hydrogen (secondary N) is 1. The number of sulfonamides is 1. The summed E-state index contributed by atoms with van der Waals surface area (Å²) in [6, 6.07) is 13.3. The Kier molecular flexibility index (Phi) is 5.40. The highest BCUT2D eigenvalue weighted by atomic mass is 32.2. The summed E-state index contributed by atoms with van der Waals surface area (Å²) in [6.45, 7) is 6.68. The molecule has 1 atom stereocenters. The molecule has 9 heteroatoms. The minimum atomic E-state index is -3.73. The van der Waals surface area contributed by atoms with E-state index < -0.39 is 16.1 Å². The van der Waals surface area contributed by atoms with Crippen LogP contribution in [-0.4, -0.2) is 28.1 Å². The summed E-state index contributed by atoms with van der Waals surface area (Å²) >= 11 is 0. The zero-order chi connectivity index (χ0) is 21.3. The van der Waals surface area contributed by atoms with E-state index in [1.54, 1.807) is 36.7 Å². The molecule has 0 saturated heterocycles. The molecule has 0 aliphatic heterocycles. The van der Waals surface area contributed by atoms with E-state index in [4.69, 9.17) is 4.52 Å². The molecule has 30 heavy (non-hydrogen) atoms. The molecular weight excluding hydrogens is 402 g/mol. The van der Waals surface area contributed by atoms with Crippen LogP contribution >= 0.6 is 0 Å². The molecule has 2 aromatic carbocycles. The summed E-state index contributed by atoms with van der Waals surface area (Å²) in [5.74, 6) is 0.515. The number of benzene rings is 2. The van der Waals surface area contributed by atoms with Gasteiger partial charge in [0.1, 0.15) is 6.04 Å². The third kappa shape index (κ3) is 3.86. The third-order valence-corrected chi connectivity index (χ3v) is 6.39. The Balaban J connectivity index is 1.64. The van der Waals surface area contributed by atoms with Gasteiger partial charge in [-0.25, -0.2) is 13.4 Å². The Morgan fingerprint density at radius 1 is 1.13 bits per heavy atom. The summed E-state index contributed by atoms with van der Waals surface area (Å²) < 4.78 is 35.7. The molecule has 2 heterocycles. The fourth-order valence-corrected chi connectivity index (χ4v) is 4.60. The second-order valence-electron chi connectivity index (χ2n) is 7.35. The van der Waals surface area contributed by atoms with Crippen LogP contribution in [-0.2, 0) is 16.6 Å². The largest absolute Gasteiger partial charge is 0.337 e. The van der Waals surface area contributed by atoms with Gasteiger partial charge in [-0.2, -0.15) is 9.71 Å². The van der Waals surface area contributed by atoms with Crippen LogP contribution in [0.2, 0.25) is 0 Å². The van der Waals surface area contributed by atoms with Gasteiger partial charge in [-0.1, -0.05) is 37.2 Å². The lowest BCUT2D eigenvalue weighted by Gasteiger charge is -2.18. The van der Waals surface area contributed by atoms with Crippen molar-refractivity contribution in [3.05, 3.63) is 60.7 Å². The summed E-state index contributed by atoms with van der Waals surface area (Å²) in [7, 11) is -3.73. The normalized spacial score (nSPS) is 13.2. The number of hydrogen-bond donors (Lipinski definition) is 1. The van der Waals surface area contributed by atoms with E-state index in [0.29, 0.717) is 5.82 Å². The van der Waals surface area contributed by atoms with Crippen LogP contribution in [0.3, 0.4) is 0 Å². The Morgan fingerprint density at radius 3 is 2.60 bits per heavy atom. The molecule has 2 aromatic heterocycles. The second-order valence-corrected chi connectivity index (χ2v) is 9.06. The molecule has 4 rings (SSSR count). The number of rotatable bonds is 7. The Labute approximate surface area is 175 Å². The zero-order valence-electron chi connectivity index (χ0n) is 17.0. The fourth-order valence-electron chi connectivity index (χ4n) is 3.24. The van der Waals surface area contributed by atoms with E-state index in [0.717, 1.165) is 23.1 Å². The topological polar surface area (TPSA) is 103 Å². The second kappa shape index (κ2) is 8.00. The van der Waals surface area contributed by atoms with Gasteiger partial charge in [-0.15, -0.1) is 0 Å². The van der Waals surface area contributed by atoms with Crippen molar-refractivity contribution >= 4 is 21.1 Å². The average Bonchev–Trinajstić information content (AvgIpc) is 3.39. The van der Waals surface area contributed by atoms with Gasteiger partial charge in [0.15, 0.2) is 0 Å². The van der Waals surface area contributed by atoms with Gasteiger partial charge >= 0.3 is 0 Å². The maximum absolute atomic E-state index is 12.8. The minimum absolute atomic E-state index is 0.0977. The molecule has 0 spiro atoms. The molecule has 8 nitrogen and oxygen atoms in total. The predicted octanol–water partition coefficient (Wildman–Crippen LogP) is 3.78. The van der Waals surface area contributed by atoms with Crippen molar-refractivity contribution in [3.63, 3.8) is 0 Å². The van der Waals surface area contributed by atoms with E-state index in [-0.39, 0.29) is 16.7 Å². The summed E-state index contributed by atoms with van der Waals surface area (Å²) in [6.07, 6.45) is 1.79. The first kappa shape index (κ1) is 20.2. The highest BCUT2D eigenvalue weighted by Gasteiger charge is 2.28. The Morgan fingerprint density at radius 2 is 1.90 bits per heavy atom. The van der Waals surface area contributed by atoms with Crippen molar-refractivity contribution in [3.8, 4) is 11.4 Å². The van der Waals surface area contributed by atoms with Crippen molar-refractivity contribution in [1.82, 2.24) is 24.4 Å². The quantitative estimate of drug-likeness (QED) is 0.483. The van der Waals surface area contributed by atoms with Gasteiger partial charge in [0.05, 0.1) is 22.3 Å². The monoisotopic (exact) mass is 425 g/mol. The maximum Gasteiger partial charge on any atom is 0.245 e. The summed E-state index contributed by atoms with van der Waals surface area (Å²) in [5.41, 5.74) is 2.62. The van der Waals surface area contributed by atoms with Crippen LogP contribution in [0.15, 0.2) is 64.3 Å². The smallest absolute Gasteiger partial charge is 0.245 e. The molecule has 0 aliphatic carbocycles. The van der Waals surface area contributed by atoms with Crippen molar-refractivity contribution in [1.29, 1.82) is 0 Å². The van der Waals surface area contributed by atoms with Gasteiger partial charge in [0.25, 0.3) is 0 Å². The number of nitrogens with zero attached hydrogens (tertiary/aromatic N) is 4. The molecule has 156 valence electrons. The number of fused-ring (bicyclic) bond motifs is 1. The molecular formula is C21H23N5O3S. The lowest BCUT2D eigenvalue weighted by molar-refractivity contribution is 0.311. The molecule has 0 bridgehead atoms. The SMILES string of the molecule is CCn1cnc2cc(-c3noc(C(NS(=O)(=O)c4ccccc4)C(C)C)n3)ccc21. The van der Waals surface area contributed by atoms with Crippen LogP contribution < -0.4 is 4.72 Å². The number of aryl methyl sites for hydroxylation is 1. The molecule has 0 radical (unpaired) electrons. The zero-order valence-corrected chi connectivity index (χ0v) is 17.8. The molecule has 1 N–H and O–H groups in total. The molecule has 0 amide bonds. The molecule has 0 aliphatic rings. The van der Waals surface area contributed by atoms with E-state index >= 15 is 0 Å². The van der Waals surface area contributed by atoms with E-state index in [9.17, 15) is 8.42 Å². The van der Waals surface area contributed by atoms with Gasteiger partial charge < -0.3 is 9.09 Å². The van der Waals surface area contributed by atoms with Crippen molar-refractivity contribution in [2.75, 3.05) is 0 Å². The number of hydrogen-bond acceptors (Lipinski definition) is 6. The minimum Gasteiger partial charge on any atom is -0.337 e. The van der Waals surface area contributed by atoms with Gasteiger partial charge in [-0.05, 0) is 43.2 Å². The van der Waals surface area contributed by atoms with Crippen LogP contribution in [0.5, 0.6) is 0 Å². The highest BCUT2D eigenvalue weighted by molar-refractivity contribution is 7.89. The van der Waals surface area contributed by atoms with Crippen molar-refractivity contribution in [2.45, 2.75) is 38.3 Å². The summed E-state index contributed by atoms with van der Waals surface area (Å²) in [5, 5.41) is 4.07. The number of aromatic nitrogens is 4. The molecule has 0 saturated carbocycles.